The molecule has 0 aromatic heterocycles. The van der Waals surface area contributed by atoms with E-state index in [1.807, 2.05) is 12.1 Å². The smallest absolute Gasteiger partial charge is 0.129 e. The predicted molar refractivity (Wildman–Crippen MR) is 84.1 cm³/mol. The normalized spacial score (nSPS) is 31.5. The van der Waals surface area contributed by atoms with Crippen molar-refractivity contribution in [2.75, 3.05) is 0 Å². The second-order valence-corrected chi connectivity index (χ2v) is 7.60. The third-order valence-electron chi connectivity index (χ3n) is 5.38. The zero-order valence-corrected chi connectivity index (χ0v) is 13.8. The molecule has 2 fully saturated rings. The van der Waals surface area contributed by atoms with E-state index < -0.39 is 0 Å². The van der Waals surface area contributed by atoms with Crippen LogP contribution in [0.25, 0.3) is 0 Å². The fraction of sp³-hybridized carbons (Fsp3) is 0.647. The van der Waals surface area contributed by atoms with Crippen molar-refractivity contribution in [3.8, 4) is 0 Å². The van der Waals surface area contributed by atoms with Gasteiger partial charge in [0.05, 0.1) is 0 Å². The van der Waals surface area contributed by atoms with Crippen LogP contribution in [0.2, 0.25) is 0 Å². The summed E-state index contributed by atoms with van der Waals surface area (Å²) in [7, 11) is 0. The van der Waals surface area contributed by atoms with E-state index in [9.17, 15) is 4.39 Å². The Labute approximate surface area is 129 Å². The number of benzene rings is 1. The highest BCUT2D eigenvalue weighted by Gasteiger charge is 2.41. The molecular formula is C17H23BrFN. The van der Waals surface area contributed by atoms with Crippen LogP contribution < -0.4 is 5.32 Å². The lowest BCUT2D eigenvalue weighted by atomic mass is 9.83. The van der Waals surface area contributed by atoms with E-state index in [2.05, 4.69) is 35.1 Å². The lowest BCUT2D eigenvalue weighted by Crippen LogP contribution is -2.38. The number of nitrogens with one attached hydrogen (secondary N) is 1. The number of halogens is 2. The lowest BCUT2D eigenvalue weighted by molar-refractivity contribution is 0.247. The Bertz CT molecular complexity index is 490. The molecule has 2 aliphatic carbocycles. The van der Waals surface area contributed by atoms with Gasteiger partial charge in [-0.15, -0.1) is 0 Å². The summed E-state index contributed by atoms with van der Waals surface area (Å²) in [6.07, 6.45) is 5.64. The van der Waals surface area contributed by atoms with Crippen LogP contribution in [0.3, 0.4) is 0 Å². The van der Waals surface area contributed by atoms with Crippen molar-refractivity contribution in [2.45, 2.75) is 51.6 Å². The van der Waals surface area contributed by atoms with Gasteiger partial charge in [-0.3, -0.25) is 0 Å². The van der Waals surface area contributed by atoms with E-state index in [-0.39, 0.29) is 11.9 Å². The summed E-state index contributed by atoms with van der Waals surface area (Å²) in [5.74, 6) is 2.53. The molecule has 0 radical (unpaired) electrons. The molecule has 20 heavy (non-hydrogen) atoms. The van der Waals surface area contributed by atoms with E-state index in [1.54, 1.807) is 6.07 Å². The molecule has 2 aliphatic rings. The number of fused-ring (bicyclic) bond motifs is 2. The maximum Gasteiger partial charge on any atom is 0.129 e. The van der Waals surface area contributed by atoms with E-state index in [1.165, 1.54) is 25.7 Å². The van der Waals surface area contributed by atoms with Crippen LogP contribution in [0, 0.1) is 23.6 Å². The molecule has 1 nitrogen and oxygen atoms in total. The number of hydrogen-bond donors (Lipinski definition) is 1. The van der Waals surface area contributed by atoms with Crippen molar-refractivity contribution in [1.29, 1.82) is 0 Å². The molecule has 0 saturated heterocycles. The van der Waals surface area contributed by atoms with Crippen molar-refractivity contribution in [1.82, 2.24) is 5.32 Å². The summed E-state index contributed by atoms with van der Waals surface area (Å²) in [4.78, 5) is 0. The van der Waals surface area contributed by atoms with Crippen molar-refractivity contribution in [3.05, 3.63) is 34.1 Å². The molecule has 0 heterocycles. The average Bonchev–Trinajstić information content (AvgIpc) is 3.00. The summed E-state index contributed by atoms with van der Waals surface area (Å²) in [6.45, 7) is 4.34. The molecular weight excluding hydrogens is 317 g/mol. The third-order valence-corrected chi connectivity index (χ3v) is 5.87. The molecule has 2 saturated carbocycles. The number of rotatable bonds is 4. The summed E-state index contributed by atoms with van der Waals surface area (Å²) in [6, 6.07) is 5.89. The van der Waals surface area contributed by atoms with Gasteiger partial charge in [0.1, 0.15) is 5.82 Å². The van der Waals surface area contributed by atoms with E-state index >= 15 is 0 Å². The highest BCUT2D eigenvalue weighted by molar-refractivity contribution is 9.10. The monoisotopic (exact) mass is 339 g/mol. The van der Waals surface area contributed by atoms with Gasteiger partial charge in [0.25, 0.3) is 0 Å². The molecule has 0 aliphatic heterocycles. The molecule has 3 rings (SSSR count). The Morgan fingerprint density at radius 2 is 2.05 bits per heavy atom. The number of hydrogen-bond acceptors (Lipinski definition) is 1. The van der Waals surface area contributed by atoms with Crippen molar-refractivity contribution in [3.63, 3.8) is 0 Å². The van der Waals surface area contributed by atoms with Gasteiger partial charge >= 0.3 is 0 Å². The van der Waals surface area contributed by atoms with Crippen molar-refractivity contribution < 1.29 is 4.39 Å². The first-order valence-electron chi connectivity index (χ1n) is 7.75. The van der Waals surface area contributed by atoms with Gasteiger partial charge in [-0.05, 0) is 63.0 Å². The first kappa shape index (κ1) is 14.5. The first-order valence-corrected chi connectivity index (χ1v) is 8.55. The van der Waals surface area contributed by atoms with E-state index in [0.717, 1.165) is 27.8 Å². The highest BCUT2D eigenvalue weighted by Crippen LogP contribution is 2.49. The van der Waals surface area contributed by atoms with Crippen LogP contribution in [0.1, 0.15) is 51.1 Å². The van der Waals surface area contributed by atoms with Gasteiger partial charge in [0.2, 0.25) is 0 Å². The molecule has 110 valence electrons. The van der Waals surface area contributed by atoms with Gasteiger partial charge < -0.3 is 5.32 Å². The van der Waals surface area contributed by atoms with Crippen LogP contribution >= 0.6 is 15.9 Å². The molecule has 5 unspecified atom stereocenters. The standard InChI is InChI=1S/C17H23BrFN/c1-10(15-6-5-14(18)9-17(15)19)20-11(2)16-8-12-3-4-13(16)7-12/h5-6,9-13,16,20H,3-4,7-8H2,1-2H3. The van der Waals surface area contributed by atoms with Gasteiger partial charge in [-0.2, -0.15) is 0 Å². The van der Waals surface area contributed by atoms with Crippen molar-refractivity contribution >= 4 is 15.9 Å². The largest absolute Gasteiger partial charge is 0.307 e. The van der Waals surface area contributed by atoms with Crippen molar-refractivity contribution in [2.24, 2.45) is 17.8 Å². The average molecular weight is 340 g/mol. The fourth-order valence-corrected chi connectivity index (χ4v) is 4.70. The quantitative estimate of drug-likeness (QED) is 0.807. The summed E-state index contributed by atoms with van der Waals surface area (Å²) < 4.78 is 14.8. The van der Waals surface area contributed by atoms with Gasteiger partial charge in [0.15, 0.2) is 0 Å². The lowest BCUT2D eigenvalue weighted by Gasteiger charge is -2.31. The van der Waals surface area contributed by atoms with Gasteiger partial charge in [-0.1, -0.05) is 28.4 Å². The SMILES string of the molecule is CC(NC(C)C1CC2CCC1C2)c1ccc(Br)cc1F. The Morgan fingerprint density at radius 1 is 1.25 bits per heavy atom. The van der Waals surface area contributed by atoms with Crippen LogP contribution in [-0.4, -0.2) is 6.04 Å². The molecule has 3 heteroatoms. The van der Waals surface area contributed by atoms with E-state index in [0.29, 0.717) is 6.04 Å². The van der Waals surface area contributed by atoms with Crippen LogP contribution in [-0.2, 0) is 0 Å². The summed E-state index contributed by atoms with van der Waals surface area (Å²) in [5.41, 5.74) is 0.767. The van der Waals surface area contributed by atoms with Crippen LogP contribution in [0.15, 0.2) is 22.7 Å². The predicted octanol–water partition coefficient (Wildman–Crippen LogP) is 5.06. The zero-order valence-electron chi connectivity index (χ0n) is 12.2. The second kappa shape index (κ2) is 5.76. The Balaban J connectivity index is 1.65. The minimum absolute atomic E-state index is 0.0669. The van der Waals surface area contributed by atoms with Gasteiger partial charge in [0, 0.05) is 22.1 Å². The Morgan fingerprint density at radius 3 is 2.65 bits per heavy atom. The molecule has 0 amide bonds. The Hall–Kier alpha value is -0.410. The second-order valence-electron chi connectivity index (χ2n) is 6.68. The summed E-state index contributed by atoms with van der Waals surface area (Å²) >= 11 is 3.31. The molecule has 5 atom stereocenters. The maximum absolute atomic E-state index is 14.0. The zero-order chi connectivity index (χ0) is 14.3. The molecule has 0 spiro atoms. The molecule has 1 N–H and O–H groups in total. The molecule has 2 bridgehead atoms. The minimum atomic E-state index is -0.125. The maximum atomic E-state index is 14.0. The fourth-order valence-electron chi connectivity index (χ4n) is 4.37. The van der Waals surface area contributed by atoms with Gasteiger partial charge in [-0.25, -0.2) is 4.39 Å². The topological polar surface area (TPSA) is 12.0 Å². The first-order chi connectivity index (χ1) is 9.54. The summed E-state index contributed by atoms with van der Waals surface area (Å²) in [5, 5.41) is 3.63. The molecule has 1 aromatic rings. The van der Waals surface area contributed by atoms with E-state index in [4.69, 9.17) is 0 Å². The van der Waals surface area contributed by atoms with Crippen LogP contribution in [0.5, 0.6) is 0 Å². The van der Waals surface area contributed by atoms with Crippen LogP contribution in [0.4, 0.5) is 4.39 Å². The molecule has 1 aromatic carbocycles. The third kappa shape index (κ3) is 2.80. The highest BCUT2D eigenvalue weighted by atomic mass is 79.9. The Kier molecular flexibility index (Phi) is 4.19. The minimum Gasteiger partial charge on any atom is -0.307 e.